The van der Waals surface area contributed by atoms with Crippen molar-refractivity contribution in [1.29, 1.82) is 0 Å². The van der Waals surface area contributed by atoms with Crippen LogP contribution >= 0.6 is 15.9 Å². The molecule has 1 saturated heterocycles. The van der Waals surface area contributed by atoms with Crippen LogP contribution in [0.3, 0.4) is 0 Å². The first-order valence-corrected chi connectivity index (χ1v) is 5.78. The number of nitrogens with one attached hydrogen (secondary N) is 2. The Bertz CT molecular complexity index is 346. The zero-order valence-corrected chi connectivity index (χ0v) is 9.88. The fourth-order valence-electron chi connectivity index (χ4n) is 1.41. The van der Waals surface area contributed by atoms with E-state index < -0.39 is 0 Å². The molecular weight excluding hydrogens is 256 g/mol. The summed E-state index contributed by atoms with van der Waals surface area (Å²) >= 11 is 3.37. The Kier molecular flexibility index (Phi) is 3.38. The van der Waals surface area contributed by atoms with E-state index >= 15 is 0 Å². The van der Waals surface area contributed by atoms with E-state index in [0.717, 1.165) is 23.1 Å². The third-order valence-corrected chi connectivity index (χ3v) is 3.06. The lowest BCUT2D eigenvalue weighted by molar-refractivity contribution is -0.126. The number of rotatable bonds is 3. The van der Waals surface area contributed by atoms with E-state index in [2.05, 4.69) is 26.6 Å². The quantitative estimate of drug-likeness (QED) is 0.868. The molecular formula is C11H13BrN2O. The summed E-state index contributed by atoms with van der Waals surface area (Å²) in [6, 6.07) is 7.96. The summed E-state index contributed by atoms with van der Waals surface area (Å²) in [7, 11) is 0. The molecule has 0 bridgehead atoms. The maximum Gasteiger partial charge on any atom is 0.225 e. The number of benzene rings is 1. The number of amides is 1. The Morgan fingerprint density at radius 1 is 1.40 bits per heavy atom. The molecule has 0 spiro atoms. The highest BCUT2D eigenvalue weighted by Crippen LogP contribution is 2.10. The van der Waals surface area contributed by atoms with Gasteiger partial charge >= 0.3 is 0 Å². The van der Waals surface area contributed by atoms with E-state index in [0.29, 0.717) is 6.54 Å². The van der Waals surface area contributed by atoms with Gasteiger partial charge in [-0.15, -0.1) is 0 Å². The van der Waals surface area contributed by atoms with Gasteiger partial charge in [-0.2, -0.15) is 0 Å². The van der Waals surface area contributed by atoms with Gasteiger partial charge in [0.25, 0.3) is 0 Å². The smallest absolute Gasteiger partial charge is 0.225 e. The minimum atomic E-state index is 0.150. The zero-order chi connectivity index (χ0) is 10.7. The number of halogens is 1. The highest BCUT2D eigenvalue weighted by molar-refractivity contribution is 9.10. The normalized spacial score (nSPS) is 15.8. The first-order chi connectivity index (χ1) is 7.25. The summed E-state index contributed by atoms with van der Waals surface area (Å²) in [5, 5.41) is 6.01. The van der Waals surface area contributed by atoms with Crippen molar-refractivity contribution in [1.82, 2.24) is 10.6 Å². The maximum absolute atomic E-state index is 11.5. The standard InChI is InChI=1S/C11H13BrN2O/c12-10-3-1-8(2-4-10)5-14-11(15)9-6-13-7-9/h1-4,9,13H,5-7H2,(H,14,15). The highest BCUT2D eigenvalue weighted by Gasteiger charge is 2.24. The van der Waals surface area contributed by atoms with E-state index in [1.165, 1.54) is 0 Å². The third-order valence-electron chi connectivity index (χ3n) is 2.53. The molecule has 4 heteroatoms. The van der Waals surface area contributed by atoms with Gasteiger partial charge in [-0.1, -0.05) is 28.1 Å². The van der Waals surface area contributed by atoms with Crippen molar-refractivity contribution in [2.45, 2.75) is 6.54 Å². The molecule has 0 radical (unpaired) electrons. The monoisotopic (exact) mass is 268 g/mol. The van der Waals surface area contributed by atoms with Crippen LogP contribution in [0.1, 0.15) is 5.56 Å². The molecule has 1 aromatic carbocycles. The molecule has 1 aromatic rings. The molecule has 2 rings (SSSR count). The molecule has 80 valence electrons. The molecule has 15 heavy (non-hydrogen) atoms. The first-order valence-electron chi connectivity index (χ1n) is 4.98. The Labute approximate surface area is 97.4 Å². The Morgan fingerprint density at radius 3 is 2.60 bits per heavy atom. The molecule has 1 heterocycles. The molecule has 0 unspecified atom stereocenters. The Morgan fingerprint density at radius 2 is 2.07 bits per heavy atom. The van der Waals surface area contributed by atoms with E-state index in [9.17, 15) is 4.79 Å². The van der Waals surface area contributed by atoms with Gasteiger partial charge in [0, 0.05) is 24.1 Å². The molecule has 1 aliphatic rings. The Balaban J connectivity index is 1.82. The zero-order valence-electron chi connectivity index (χ0n) is 8.29. The van der Waals surface area contributed by atoms with Gasteiger partial charge in [-0.05, 0) is 17.7 Å². The molecule has 3 nitrogen and oxygen atoms in total. The van der Waals surface area contributed by atoms with Crippen LogP contribution in [0.25, 0.3) is 0 Å². The first kappa shape index (κ1) is 10.6. The summed E-state index contributed by atoms with van der Waals surface area (Å²) < 4.78 is 1.06. The van der Waals surface area contributed by atoms with Gasteiger partial charge in [0.05, 0.1) is 5.92 Å². The van der Waals surface area contributed by atoms with Crippen LogP contribution in [0.2, 0.25) is 0 Å². The number of hydrogen-bond donors (Lipinski definition) is 2. The largest absolute Gasteiger partial charge is 0.352 e. The predicted molar refractivity (Wildman–Crippen MR) is 62.3 cm³/mol. The van der Waals surface area contributed by atoms with Crippen molar-refractivity contribution in [3.8, 4) is 0 Å². The van der Waals surface area contributed by atoms with Crippen LogP contribution in [0.15, 0.2) is 28.7 Å². The van der Waals surface area contributed by atoms with Crippen LogP contribution in [0, 0.1) is 5.92 Å². The summed E-state index contributed by atoms with van der Waals surface area (Å²) in [6.45, 7) is 2.24. The fraction of sp³-hybridized carbons (Fsp3) is 0.364. The topological polar surface area (TPSA) is 41.1 Å². The molecule has 0 aliphatic carbocycles. The molecule has 0 aromatic heterocycles. The number of carbonyl (C=O) groups is 1. The van der Waals surface area contributed by atoms with Crippen LogP contribution in [-0.2, 0) is 11.3 Å². The van der Waals surface area contributed by atoms with Crippen molar-refractivity contribution in [3.05, 3.63) is 34.3 Å². The van der Waals surface area contributed by atoms with Crippen molar-refractivity contribution in [2.75, 3.05) is 13.1 Å². The Hall–Kier alpha value is -0.870. The van der Waals surface area contributed by atoms with Gasteiger partial charge in [0.2, 0.25) is 5.91 Å². The second-order valence-electron chi connectivity index (χ2n) is 3.70. The lowest BCUT2D eigenvalue weighted by atomic mass is 10.0. The van der Waals surface area contributed by atoms with E-state index in [1.54, 1.807) is 0 Å². The summed E-state index contributed by atoms with van der Waals surface area (Å²) in [4.78, 5) is 11.5. The summed E-state index contributed by atoms with van der Waals surface area (Å²) in [5.74, 6) is 0.317. The highest BCUT2D eigenvalue weighted by atomic mass is 79.9. The number of hydrogen-bond acceptors (Lipinski definition) is 2. The van der Waals surface area contributed by atoms with Gasteiger partial charge in [-0.25, -0.2) is 0 Å². The van der Waals surface area contributed by atoms with Gasteiger partial charge in [-0.3, -0.25) is 4.79 Å². The van der Waals surface area contributed by atoms with Crippen molar-refractivity contribution < 1.29 is 4.79 Å². The summed E-state index contributed by atoms with van der Waals surface area (Å²) in [6.07, 6.45) is 0. The minimum Gasteiger partial charge on any atom is -0.352 e. The minimum absolute atomic E-state index is 0.150. The van der Waals surface area contributed by atoms with Crippen molar-refractivity contribution in [3.63, 3.8) is 0 Å². The van der Waals surface area contributed by atoms with Crippen molar-refractivity contribution in [2.24, 2.45) is 5.92 Å². The second kappa shape index (κ2) is 4.77. The average molecular weight is 269 g/mol. The lowest BCUT2D eigenvalue weighted by Crippen LogP contribution is -2.50. The van der Waals surface area contributed by atoms with Gasteiger partial charge in [0.1, 0.15) is 0 Å². The van der Waals surface area contributed by atoms with E-state index in [4.69, 9.17) is 0 Å². The van der Waals surface area contributed by atoms with Crippen LogP contribution < -0.4 is 10.6 Å². The second-order valence-corrected chi connectivity index (χ2v) is 4.62. The van der Waals surface area contributed by atoms with Crippen molar-refractivity contribution >= 4 is 21.8 Å². The SMILES string of the molecule is O=C(NCc1ccc(Br)cc1)C1CNC1. The van der Waals surface area contributed by atoms with E-state index in [1.807, 2.05) is 24.3 Å². The maximum atomic E-state index is 11.5. The fourth-order valence-corrected chi connectivity index (χ4v) is 1.67. The van der Waals surface area contributed by atoms with Crippen LogP contribution in [-0.4, -0.2) is 19.0 Å². The van der Waals surface area contributed by atoms with Gasteiger partial charge in [0.15, 0.2) is 0 Å². The molecule has 1 fully saturated rings. The molecule has 0 atom stereocenters. The van der Waals surface area contributed by atoms with Crippen LogP contribution in [0.5, 0.6) is 0 Å². The third kappa shape index (κ3) is 2.79. The average Bonchev–Trinajstić information content (AvgIpc) is 2.14. The van der Waals surface area contributed by atoms with Gasteiger partial charge < -0.3 is 10.6 Å². The molecule has 1 amide bonds. The lowest BCUT2D eigenvalue weighted by Gasteiger charge is -2.25. The number of carbonyl (C=O) groups excluding carboxylic acids is 1. The molecule has 1 aliphatic heterocycles. The molecule has 2 N–H and O–H groups in total. The summed E-state index contributed by atoms with van der Waals surface area (Å²) in [5.41, 5.74) is 1.12. The van der Waals surface area contributed by atoms with E-state index in [-0.39, 0.29) is 11.8 Å². The molecule has 0 saturated carbocycles. The van der Waals surface area contributed by atoms with Crippen LogP contribution in [0.4, 0.5) is 0 Å². The predicted octanol–water partition coefficient (Wildman–Crippen LogP) is 1.28.